The zero-order valence-corrected chi connectivity index (χ0v) is 11.9. The van der Waals surface area contributed by atoms with E-state index in [1.165, 1.54) is 6.07 Å². The number of hydrogen-bond donors (Lipinski definition) is 3. The molecule has 1 rings (SSSR count). The number of aromatic carboxylic acids is 1. The standard InChI is InChI=1S/C11H18N2O5S/c1-11(2,13-19(3,16)17)7-12-6-8-4-5-9(18-8)10(14)15/h4-5,12-13H,6-7H2,1-3H3,(H,14,15). The summed E-state index contributed by atoms with van der Waals surface area (Å²) >= 11 is 0. The lowest BCUT2D eigenvalue weighted by atomic mass is 10.1. The number of rotatable bonds is 7. The van der Waals surface area contributed by atoms with E-state index in [4.69, 9.17) is 9.52 Å². The van der Waals surface area contributed by atoms with Crippen LogP contribution in [0.15, 0.2) is 16.5 Å². The molecule has 0 fully saturated rings. The van der Waals surface area contributed by atoms with E-state index in [1.54, 1.807) is 19.9 Å². The highest BCUT2D eigenvalue weighted by molar-refractivity contribution is 7.88. The average molecular weight is 290 g/mol. The molecule has 0 aliphatic rings. The van der Waals surface area contributed by atoms with Gasteiger partial charge in [0.25, 0.3) is 0 Å². The molecule has 3 N–H and O–H groups in total. The third-order valence-corrected chi connectivity index (χ3v) is 3.12. The van der Waals surface area contributed by atoms with Crippen molar-refractivity contribution in [3.8, 4) is 0 Å². The number of sulfonamides is 1. The maximum atomic E-state index is 11.1. The van der Waals surface area contributed by atoms with Crippen LogP contribution >= 0.6 is 0 Å². The minimum Gasteiger partial charge on any atom is -0.475 e. The summed E-state index contributed by atoms with van der Waals surface area (Å²) in [6, 6.07) is 2.94. The zero-order chi connectivity index (χ0) is 14.7. The lowest BCUT2D eigenvalue weighted by Gasteiger charge is -2.25. The quantitative estimate of drug-likeness (QED) is 0.670. The first kappa shape index (κ1) is 15.7. The molecular weight excluding hydrogens is 272 g/mol. The lowest BCUT2D eigenvalue weighted by Crippen LogP contribution is -2.49. The van der Waals surface area contributed by atoms with Gasteiger partial charge in [-0.05, 0) is 26.0 Å². The van der Waals surface area contributed by atoms with Gasteiger partial charge in [-0.15, -0.1) is 0 Å². The summed E-state index contributed by atoms with van der Waals surface area (Å²) in [6.07, 6.45) is 1.10. The fraction of sp³-hybridized carbons (Fsp3) is 0.545. The van der Waals surface area contributed by atoms with Gasteiger partial charge in [-0.25, -0.2) is 17.9 Å². The molecule has 0 radical (unpaired) electrons. The second-order valence-corrected chi connectivity index (χ2v) is 6.68. The van der Waals surface area contributed by atoms with Crippen LogP contribution < -0.4 is 10.0 Å². The van der Waals surface area contributed by atoms with Gasteiger partial charge in [0, 0.05) is 12.1 Å². The second-order valence-electron chi connectivity index (χ2n) is 4.93. The van der Waals surface area contributed by atoms with E-state index in [0.717, 1.165) is 6.26 Å². The van der Waals surface area contributed by atoms with Gasteiger partial charge >= 0.3 is 5.97 Å². The maximum Gasteiger partial charge on any atom is 0.371 e. The monoisotopic (exact) mass is 290 g/mol. The fourth-order valence-corrected chi connectivity index (χ4v) is 2.70. The Morgan fingerprint density at radius 1 is 1.42 bits per heavy atom. The van der Waals surface area contributed by atoms with Crippen LogP contribution in [0.2, 0.25) is 0 Å². The highest BCUT2D eigenvalue weighted by Crippen LogP contribution is 2.08. The van der Waals surface area contributed by atoms with Crippen molar-refractivity contribution in [2.45, 2.75) is 25.9 Å². The summed E-state index contributed by atoms with van der Waals surface area (Å²) in [6.45, 7) is 4.18. The summed E-state index contributed by atoms with van der Waals surface area (Å²) in [7, 11) is -3.28. The third-order valence-electron chi connectivity index (χ3n) is 2.20. The van der Waals surface area contributed by atoms with Crippen molar-refractivity contribution in [3.63, 3.8) is 0 Å². The number of hydrogen-bond acceptors (Lipinski definition) is 5. The Balaban J connectivity index is 2.47. The molecule has 19 heavy (non-hydrogen) atoms. The molecule has 0 aliphatic carbocycles. The lowest BCUT2D eigenvalue weighted by molar-refractivity contribution is 0.0660. The predicted octanol–water partition coefficient (Wildman–Crippen LogP) is 0.395. The largest absolute Gasteiger partial charge is 0.475 e. The Bertz CT molecular complexity index is 547. The topological polar surface area (TPSA) is 109 Å². The molecule has 1 aromatic rings. The van der Waals surface area contributed by atoms with Crippen LogP contribution in [-0.4, -0.2) is 37.8 Å². The average Bonchev–Trinajstić information content (AvgIpc) is 2.61. The van der Waals surface area contributed by atoms with E-state index in [-0.39, 0.29) is 5.76 Å². The third kappa shape index (κ3) is 5.86. The molecule has 0 unspecified atom stereocenters. The van der Waals surface area contributed by atoms with Gasteiger partial charge in [0.2, 0.25) is 15.8 Å². The van der Waals surface area contributed by atoms with E-state index in [0.29, 0.717) is 18.8 Å². The normalized spacial score (nSPS) is 12.6. The molecule has 0 aliphatic heterocycles. The molecule has 0 spiro atoms. The Hall–Kier alpha value is -1.38. The van der Waals surface area contributed by atoms with Gasteiger partial charge in [0.05, 0.1) is 12.8 Å². The Kier molecular flexibility index (Phi) is 4.72. The summed E-state index contributed by atoms with van der Waals surface area (Å²) in [5.41, 5.74) is -0.643. The van der Waals surface area contributed by atoms with Gasteiger partial charge < -0.3 is 14.8 Å². The first-order valence-electron chi connectivity index (χ1n) is 5.61. The molecule has 0 aromatic carbocycles. The van der Waals surface area contributed by atoms with Gasteiger partial charge in [0.1, 0.15) is 5.76 Å². The van der Waals surface area contributed by atoms with Crippen molar-refractivity contribution in [2.24, 2.45) is 0 Å². The van der Waals surface area contributed by atoms with Gasteiger partial charge in [0.15, 0.2) is 0 Å². The number of carboxylic acids is 1. The SMILES string of the molecule is CC(C)(CNCc1ccc(C(=O)O)o1)NS(C)(=O)=O. The smallest absolute Gasteiger partial charge is 0.371 e. The molecule has 1 heterocycles. The Morgan fingerprint density at radius 2 is 2.05 bits per heavy atom. The predicted molar refractivity (Wildman–Crippen MR) is 69.4 cm³/mol. The number of carbonyl (C=O) groups is 1. The van der Waals surface area contributed by atoms with Crippen molar-refractivity contribution in [1.82, 2.24) is 10.0 Å². The maximum absolute atomic E-state index is 11.1. The van der Waals surface area contributed by atoms with Gasteiger partial charge in [-0.1, -0.05) is 0 Å². The molecule has 0 amide bonds. The van der Waals surface area contributed by atoms with E-state index >= 15 is 0 Å². The number of furan rings is 1. The van der Waals surface area contributed by atoms with Gasteiger partial charge in [-0.2, -0.15) is 0 Å². The van der Waals surface area contributed by atoms with Crippen LogP contribution in [0.4, 0.5) is 0 Å². The van der Waals surface area contributed by atoms with Gasteiger partial charge in [-0.3, -0.25) is 0 Å². The van der Waals surface area contributed by atoms with Crippen LogP contribution in [0.25, 0.3) is 0 Å². The summed E-state index contributed by atoms with van der Waals surface area (Å²) < 4.78 is 29.8. The van der Waals surface area contributed by atoms with Crippen LogP contribution in [0.5, 0.6) is 0 Å². The summed E-state index contributed by atoms with van der Waals surface area (Å²) in [5, 5.41) is 11.7. The first-order valence-corrected chi connectivity index (χ1v) is 7.50. The molecule has 0 atom stereocenters. The fourth-order valence-electron chi connectivity index (χ4n) is 1.62. The molecule has 0 saturated carbocycles. The van der Waals surface area contributed by atoms with Crippen LogP contribution in [0.1, 0.15) is 30.2 Å². The minimum absolute atomic E-state index is 0.120. The molecule has 1 aromatic heterocycles. The van der Waals surface area contributed by atoms with E-state index in [1.807, 2.05) is 0 Å². The molecular formula is C11H18N2O5S. The highest BCUT2D eigenvalue weighted by Gasteiger charge is 2.21. The van der Waals surface area contributed by atoms with Crippen LogP contribution in [-0.2, 0) is 16.6 Å². The van der Waals surface area contributed by atoms with E-state index < -0.39 is 21.5 Å². The van der Waals surface area contributed by atoms with Crippen molar-refractivity contribution in [2.75, 3.05) is 12.8 Å². The summed E-state index contributed by atoms with van der Waals surface area (Å²) in [4.78, 5) is 10.6. The second kappa shape index (κ2) is 5.72. The van der Waals surface area contributed by atoms with E-state index in [2.05, 4.69) is 10.0 Å². The number of carboxylic acid groups (broad SMARTS) is 1. The summed E-state index contributed by atoms with van der Waals surface area (Å²) in [5.74, 6) is -0.761. The molecule has 108 valence electrons. The molecule has 8 heteroatoms. The molecule has 7 nitrogen and oxygen atoms in total. The van der Waals surface area contributed by atoms with E-state index in [9.17, 15) is 13.2 Å². The highest BCUT2D eigenvalue weighted by atomic mass is 32.2. The molecule has 0 saturated heterocycles. The van der Waals surface area contributed by atoms with Crippen LogP contribution in [0, 0.1) is 0 Å². The van der Waals surface area contributed by atoms with Crippen molar-refractivity contribution < 1.29 is 22.7 Å². The van der Waals surface area contributed by atoms with Crippen LogP contribution in [0.3, 0.4) is 0 Å². The first-order chi connectivity index (χ1) is 8.59. The van der Waals surface area contributed by atoms with Crippen molar-refractivity contribution in [1.29, 1.82) is 0 Å². The molecule has 0 bridgehead atoms. The minimum atomic E-state index is -3.28. The number of nitrogens with one attached hydrogen (secondary N) is 2. The van der Waals surface area contributed by atoms with Crippen molar-refractivity contribution >= 4 is 16.0 Å². The Labute approximate surface area is 112 Å². The zero-order valence-electron chi connectivity index (χ0n) is 11.1. The Morgan fingerprint density at radius 3 is 2.53 bits per heavy atom. The van der Waals surface area contributed by atoms with Crippen molar-refractivity contribution in [3.05, 3.63) is 23.7 Å².